The number of alkyl halides is 3. The highest BCUT2D eigenvalue weighted by atomic mass is 32.2. The summed E-state index contributed by atoms with van der Waals surface area (Å²) < 4.78 is 43.6. The monoisotopic (exact) mass is 325 g/mol. The second-order valence-corrected chi connectivity index (χ2v) is 5.73. The minimum absolute atomic E-state index is 0.0361. The lowest BCUT2D eigenvalue weighted by Crippen LogP contribution is -2.39. The Morgan fingerprint density at radius 2 is 2.14 bits per heavy atom. The van der Waals surface area contributed by atoms with Crippen LogP contribution in [0, 0.1) is 0 Å². The van der Waals surface area contributed by atoms with Gasteiger partial charge in [0.15, 0.2) is 11.3 Å². The fourth-order valence-corrected chi connectivity index (χ4v) is 2.85. The smallest absolute Gasteiger partial charge is 0.365 e. The van der Waals surface area contributed by atoms with Gasteiger partial charge in [0.2, 0.25) is 0 Å². The van der Waals surface area contributed by atoms with Crippen LogP contribution in [0.2, 0.25) is 0 Å². The molecule has 0 bridgehead atoms. The van der Waals surface area contributed by atoms with Gasteiger partial charge in [0.25, 0.3) is 0 Å². The summed E-state index contributed by atoms with van der Waals surface area (Å²) in [6.45, 7) is 0. The van der Waals surface area contributed by atoms with Crippen LogP contribution in [0.3, 0.4) is 0 Å². The molecule has 2 heterocycles. The van der Waals surface area contributed by atoms with Crippen LogP contribution in [0.25, 0.3) is 0 Å². The number of rotatable bonds is 3. The molecule has 0 spiro atoms. The maximum absolute atomic E-state index is 12.6. The Bertz CT molecular complexity index is 582. The van der Waals surface area contributed by atoms with Crippen molar-refractivity contribution in [3.63, 3.8) is 0 Å². The highest BCUT2D eigenvalue weighted by Crippen LogP contribution is 2.33. The third-order valence-electron chi connectivity index (χ3n) is 3.12. The second-order valence-electron chi connectivity index (χ2n) is 4.72. The first-order chi connectivity index (χ1) is 9.77. The van der Waals surface area contributed by atoms with Crippen molar-refractivity contribution < 1.29 is 17.9 Å². The zero-order valence-corrected chi connectivity index (χ0v) is 12.0. The molecule has 10 heteroatoms. The summed E-state index contributed by atoms with van der Waals surface area (Å²) in [6.07, 6.45) is -5.79. The van der Waals surface area contributed by atoms with Crippen LogP contribution in [0.4, 0.5) is 13.2 Å². The Balaban J connectivity index is 1.97. The van der Waals surface area contributed by atoms with E-state index in [2.05, 4.69) is 9.97 Å². The summed E-state index contributed by atoms with van der Waals surface area (Å²) in [5.74, 6) is 0.197. The van der Waals surface area contributed by atoms with Crippen molar-refractivity contribution in [2.24, 2.45) is 7.05 Å². The Morgan fingerprint density at radius 3 is 2.76 bits per heavy atom. The standard InChI is InChI=1S/C11H14F3N3O3S/c1-17-9(18)15-8(16-10(17)19)21-5-6-3-2-4-7(20-6)11(12,13)14/h6-7H,2-5H2,1H3,(H,15,16,18,19). The molecule has 1 aromatic heterocycles. The van der Waals surface area contributed by atoms with E-state index in [1.807, 2.05) is 0 Å². The van der Waals surface area contributed by atoms with Crippen LogP contribution < -0.4 is 11.4 Å². The molecule has 0 aliphatic carbocycles. The number of ether oxygens (including phenoxy) is 1. The topological polar surface area (TPSA) is 77.0 Å². The fourth-order valence-electron chi connectivity index (χ4n) is 1.95. The second kappa shape index (κ2) is 6.22. The number of nitrogens with zero attached hydrogens (tertiary/aromatic N) is 2. The molecule has 0 aromatic carbocycles. The van der Waals surface area contributed by atoms with Gasteiger partial charge in [0.05, 0.1) is 6.10 Å². The van der Waals surface area contributed by atoms with Gasteiger partial charge in [-0.05, 0) is 19.3 Å². The summed E-state index contributed by atoms with van der Waals surface area (Å²) in [5.41, 5.74) is -1.32. The molecule has 0 saturated carbocycles. The molecule has 1 aliphatic heterocycles. The lowest BCUT2D eigenvalue weighted by atomic mass is 10.0. The van der Waals surface area contributed by atoms with Gasteiger partial charge in [-0.25, -0.2) is 14.2 Å². The van der Waals surface area contributed by atoms with Gasteiger partial charge in [0.1, 0.15) is 0 Å². The van der Waals surface area contributed by atoms with Gasteiger partial charge in [-0.1, -0.05) is 11.8 Å². The van der Waals surface area contributed by atoms with E-state index in [1.54, 1.807) is 0 Å². The largest absolute Gasteiger partial charge is 0.414 e. The van der Waals surface area contributed by atoms with E-state index in [0.717, 1.165) is 16.3 Å². The van der Waals surface area contributed by atoms with Crippen LogP contribution >= 0.6 is 11.8 Å². The highest BCUT2D eigenvalue weighted by molar-refractivity contribution is 7.99. The first kappa shape index (κ1) is 16.1. The summed E-state index contributed by atoms with van der Waals surface area (Å²) in [7, 11) is 1.28. The number of aromatic nitrogens is 3. The lowest BCUT2D eigenvalue weighted by molar-refractivity contribution is -0.242. The molecule has 1 aliphatic rings. The summed E-state index contributed by atoms with van der Waals surface area (Å²) >= 11 is 1.00. The van der Waals surface area contributed by atoms with Crippen LogP contribution in [0.15, 0.2) is 14.7 Å². The van der Waals surface area contributed by atoms with Gasteiger partial charge in [0, 0.05) is 12.8 Å². The lowest BCUT2D eigenvalue weighted by Gasteiger charge is -2.31. The van der Waals surface area contributed by atoms with Crippen molar-refractivity contribution in [2.45, 2.75) is 42.8 Å². The number of halogens is 3. The molecule has 1 aromatic rings. The van der Waals surface area contributed by atoms with E-state index in [0.29, 0.717) is 12.8 Å². The van der Waals surface area contributed by atoms with Gasteiger partial charge in [-0.3, -0.25) is 4.98 Å². The Labute approximate surface area is 121 Å². The predicted octanol–water partition coefficient (Wildman–Crippen LogP) is 1.06. The van der Waals surface area contributed by atoms with Crippen LogP contribution in [0.1, 0.15) is 19.3 Å². The minimum Gasteiger partial charge on any atom is -0.365 e. The van der Waals surface area contributed by atoms with Crippen LogP contribution in [-0.4, -0.2) is 38.7 Å². The van der Waals surface area contributed by atoms with E-state index in [9.17, 15) is 22.8 Å². The van der Waals surface area contributed by atoms with E-state index in [-0.39, 0.29) is 17.3 Å². The van der Waals surface area contributed by atoms with Crippen molar-refractivity contribution >= 4 is 11.8 Å². The molecule has 6 nitrogen and oxygen atoms in total. The molecule has 2 rings (SSSR count). The minimum atomic E-state index is -4.36. The SMILES string of the molecule is Cn1c(=O)nc(SCC2CCCC(C(F)(F)F)O2)[nH]c1=O. The van der Waals surface area contributed by atoms with Crippen molar-refractivity contribution in [3.8, 4) is 0 Å². The predicted molar refractivity (Wildman–Crippen MR) is 69.4 cm³/mol. The molecule has 21 heavy (non-hydrogen) atoms. The maximum Gasteiger partial charge on any atom is 0.414 e. The van der Waals surface area contributed by atoms with Gasteiger partial charge in [-0.15, -0.1) is 0 Å². The van der Waals surface area contributed by atoms with Gasteiger partial charge < -0.3 is 4.74 Å². The Kier molecular flexibility index (Phi) is 4.77. The molecular formula is C11H14F3N3O3S. The van der Waals surface area contributed by atoms with E-state index in [4.69, 9.17) is 4.74 Å². The number of hydrogen-bond acceptors (Lipinski definition) is 5. The first-order valence-corrected chi connectivity index (χ1v) is 7.28. The summed E-state index contributed by atoms with van der Waals surface area (Å²) in [4.78, 5) is 28.7. The third kappa shape index (κ3) is 4.10. The molecule has 1 N–H and O–H groups in total. The summed E-state index contributed by atoms with van der Waals surface area (Å²) in [6, 6.07) is 0. The average Bonchev–Trinajstić information content (AvgIpc) is 2.42. The molecule has 2 atom stereocenters. The quantitative estimate of drug-likeness (QED) is 0.841. The number of hydrogen-bond donors (Lipinski definition) is 1. The zero-order chi connectivity index (χ0) is 15.6. The number of thioether (sulfide) groups is 1. The number of H-pyrrole nitrogens is 1. The molecule has 2 unspecified atom stereocenters. The van der Waals surface area contributed by atoms with E-state index >= 15 is 0 Å². The van der Waals surface area contributed by atoms with E-state index in [1.165, 1.54) is 7.05 Å². The first-order valence-electron chi connectivity index (χ1n) is 6.29. The number of aromatic amines is 1. The summed E-state index contributed by atoms with van der Waals surface area (Å²) in [5, 5.41) is 0.0841. The fraction of sp³-hybridized carbons (Fsp3) is 0.727. The highest BCUT2D eigenvalue weighted by Gasteiger charge is 2.43. The maximum atomic E-state index is 12.6. The van der Waals surface area contributed by atoms with E-state index < -0.39 is 29.8 Å². The van der Waals surface area contributed by atoms with Crippen molar-refractivity contribution in [1.29, 1.82) is 0 Å². The molecule has 0 amide bonds. The van der Waals surface area contributed by atoms with Crippen molar-refractivity contribution in [2.75, 3.05) is 5.75 Å². The molecule has 1 fully saturated rings. The average molecular weight is 325 g/mol. The molecular weight excluding hydrogens is 311 g/mol. The van der Waals surface area contributed by atoms with Crippen molar-refractivity contribution in [1.82, 2.24) is 14.5 Å². The molecule has 0 radical (unpaired) electrons. The Morgan fingerprint density at radius 1 is 1.43 bits per heavy atom. The van der Waals surface area contributed by atoms with Crippen molar-refractivity contribution in [3.05, 3.63) is 21.0 Å². The normalized spacial score (nSPS) is 23.2. The number of nitrogens with one attached hydrogen (secondary N) is 1. The Hall–Kier alpha value is -1.29. The molecule has 1 saturated heterocycles. The molecule has 118 valence electrons. The third-order valence-corrected chi connectivity index (χ3v) is 4.13. The zero-order valence-electron chi connectivity index (χ0n) is 11.1. The van der Waals surface area contributed by atoms with Crippen LogP contribution in [0.5, 0.6) is 0 Å². The van der Waals surface area contributed by atoms with Gasteiger partial charge in [-0.2, -0.15) is 18.2 Å². The van der Waals surface area contributed by atoms with Gasteiger partial charge >= 0.3 is 17.6 Å². The van der Waals surface area contributed by atoms with Crippen LogP contribution in [-0.2, 0) is 11.8 Å².